The number of fused-ring (bicyclic) bond motifs is 1. The van der Waals surface area contributed by atoms with Gasteiger partial charge >= 0.3 is 0 Å². The molecule has 0 saturated heterocycles. The lowest BCUT2D eigenvalue weighted by molar-refractivity contribution is 0.414. The summed E-state index contributed by atoms with van der Waals surface area (Å²) in [4.78, 5) is 4.61. The first-order chi connectivity index (χ1) is 9.85. The number of pyridine rings is 1. The zero-order valence-electron chi connectivity index (χ0n) is 11.3. The van der Waals surface area contributed by atoms with Gasteiger partial charge in [0.15, 0.2) is 0 Å². The Morgan fingerprint density at radius 3 is 2.70 bits per heavy atom. The van der Waals surface area contributed by atoms with Crippen molar-refractivity contribution >= 4 is 23.1 Å². The van der Waals surface area contributed by atoms with Crippen LogP contribution in [0.1, 0.15) is 11.3 Å². The molecule has 0 atom stereocenters. The molecule has 0 aliphatic heterocycles. The number of para-hydroxylation sites is 1. The van der Waals surface area contributed by atoms with E-state index in [1.54, 1.807) is 7.11 Å². The van der Waals surface area contributed by atoms with Crippen molar-refractivity contribution in [1.82, 2.24) is 4.98 Å². The van der Waals surface area contributed by atoms with Crippen LogP contribution in [0.2, 0.25) is 0 Å². The molecule has 0 aliphatic carbocycles. The molecule has 0 radical (unpaired) electrons. The minimum absolute atomic E-state index is 0.860. The summed E-state index contributed by atoms with van der Waals surface area (Å²) >= 11 is 0. The van der Waals surface area contributed by atoms with Crippen molar-refractivity contribution in [1.29, 1.82) is 0 Å². The second-order valence-corrected chi connectivity index (χ2v) is 4.54. The van der Waals surface area contributed by atoms with Crippen LogP contribution in [0, 0.1) is 0 Å². The predicted octanol–water partition coefficient (Wildman–Crippen LogP) is 4.41. The Labute approximate surface area is 118 Å². The second-order valence-electron chi connectivity index (χ2n) is 4.54. The third kappa shape index (κ3) is 2.69. The summed E-state index contributed by atoms with van der Waals surface area (Å²) in [6, 6.07) is 20.2. The molecule has 0 N–H and O–H groups in total. The maximum Gasteiger partial charge on any atom is 0.119 e. The molecule has 0 fully saturated rings. The van der Waals surface area contributed by atoms with Crippen LogP contribution < -0.4 is 4.74 Å². The van der Waals surface area contributed by atoms with Crippen LogP contribution in [-0.2, 0) is 0 Å². The first kappa shape index (κ1) is 12.4. The standard InChI is InChI=1S/C18H15NO/c1-20-17-7-4-5-14(13-17)9-11-16-12-10-15-6-2-3-8-18(15)19-16/h2-13H,1H3. The Balaban J connectivity index is 1.89. The number of benzene rings is 2. The number of ether oxygens (including phenoxy) is 1. The van der Waals surface area contributed by atoms with E-state index in [2.05, 4.69) is 17.1 Å². The van der Waals surface area contributed by atoms with E-state index >= 15 is 0 Å². The van der Waals surface area contributed by atoms with Crippen molar-refractivity contribution < 1.29 is 4.74 Å². The number of nitrogens with zero attached hydrogens (tertiary/aromatic N) is 1. The van der Waals surface area contributed by atoms with Gasteiger partial charge in [-0.05, 0) is 35.9 Å². The van der Waals surface area contributed by atoms with Crippen molar-refractivity contribution in [3.05, 3.63) is 71.9 Å². The summed E-state index contributed by atoms with van der Waals surface area (Å²) < 4.78 is 5.22. The number of methoxy groups -OCH3 is 1. The van der Waals surface area contributed by atoms with Crippen molar-refractivity contribution in [3.8, 4) is 5.75 Å². The van der Waals surface area contributed by atoms with Gasteiger partial charge < -0.3 is 4.74 Å². The van der Waals surface area contributed by atoms with Gasteiger partial charge in [0.05, 0.1) is 18.3 Å². The van der Waals surface area contributed by atoms with Crippen LogP contribution in [0.25, 0.3) is 23.1 Å². The quantitative estimate of drug-likeness (QED) is 0.696. The van der Waals surface area contributed by atoms with Crippen LogP contribution in [0.5, 0.6) is 5.75 Å². The number of aromatic nitrogens is 1. The van der Waals surface area contributed by atoms with E-state index in [4.69, 9.17) is 4.74 Å². The van der Waals surface area contributed by atoms with Gasteiger partial charge in [-0.3, -0.25) is 0 Å². The topological polar surface area (TPSA) is 22.1 Å². The van der Waals surface area contributed by atoms with Crippen molar-refractivity contribution in [2.24, 2.45) is 0 Å². The molecule has 3 aromatic rings. The molecule has 2 nitrogen and oxygen atoms in total. The van der Waals surface area contributed by atoms with Crippen molar-refractivity contribution in [2.45, 2.75) is 0 Å². The Morgan fingerprint density at radius 1 is 0.900 bits per heavy atom. The summed E-state index contributed by atoms with van der Waals surface area (Å²) in [5, 5.41) is 1.16. The highest BCUT2D eigenvalue weighted by Crippen LogP contribution is 2.16. The number of rotatable bonds is 3. The molecule has 2 heteroatoms. The summed E-state index contributed by atoms with van der Waals surface area (Å²) in [6.45, 7) is 0. The molecule has 0 unspecified atom stereocenters. The number of hydrogen-bond acceptors (Lipinski definition) is 2. The molecule has 2 aromatic carbocycles. The third-order valence-electron chi connectivity index (χ3n) is 3.16. The molecule has 0 saturated carbocycles. The van der Waals surface area contributed by atoms with Crippen molar-refractivity contribution in [3.63, 3.8) is 0 Å². The number of hydrogen-bond donors (Lipinski definition) is 0. The highest BCUT2D eigenvalue weighted by molar-refractivity contribution is 5.80. The average Bonchev–Trinajstić information content (AvgIpc) is 2.53. The van der Waals surface area contributed by atoms with Gasteiger partial charge in [-0.15, -0.1) is 0 Å². The minimum atomic E-state index is 0.860. The normalized spacial score (nSPS) is 11.1. The zero-order valence-corrected chi connectivity index (χ0v) is 11.3. The van der Waals surface area contributed by atoms with E-state index in [1.807, 2.05) is 60.7 Å². The Kier molecular flexibility index (Phi) is 3.46. The van der Waals surface area contributed by atoms with Crippen LogP contribution in [0.3, 0.4) is 0 Å². The molecule has 0 aliphatic rings. The van der Waals surface area contributed by atoms with Crippen LogP contribution >= 0.6 is 0 Å². The molecular formula is C18H15NO. The summed E-state index contributed by atoms with van der Waals surface area (Å²) in [7, 11) is 1.67. The molecular weight excluding hydrogens is 246 g/mol. The molecule has 0 spiro atoms. The highest BCUT2D eigenvalue weighted by atomic mass is 16.5. The lowest BCUT2D eigenvalue weighted by Crippen LogP contribution is -1.84. The SMILES string of the molecule is COc1cccc(C=Cc2ccc3ccccc3n2)c1. The van der Waals surface area contributed by atoms with E-state index in [0.717, 1.165) is 27.9 Å². The lowest BCUT2D eigenvalue weighted by atomic mass is 10.1. The van der Waals surface area contributed by atoms with Gasteiger partial charge in [0.25, 0.3) is 0 Å². The maximum atomic E-state index is 5.22. The molecule has 1 heterocycles. The lowest BCUT2D eigenvalue weighted by Gasteiger charge is -2.01. The summed E-state index contributed by atoms with van der Waals surface area (Å²) in [5.41, 5.74) is 3.06. The van der Waals surface area contributed by atoms with E-state index < -0.39 is 0 Å². The first-order valence-electron chi connectivity index (χ1n) is 6.53. The Morgan fingerprint density at radius 2 is 1.80 bits per heavy atom. The van der Waals surface area contributed by atoms with Gasteiger partial charge in [-0.2, -0.15) is 0 Å². The van der Waals surface area contributed by atoms with Gasteiger partial charge in [-0.25, -0.2) is 4.98 Å². The minimum Gasteiger partial charge on any atom is -0.497 e. The highest BCUT2D eigenvalue weighted by Gasteiger charge is 1.95. The van der Waals surface area contributed by atoms with Gasteiger partial charge in [0.2, 0.25) is 0 Å². The van der Waals surface area contributed by atoms with Gasteiger partial charge in [-0.1, -0.05) is 42.5 Å². The fraction of sp³-hybridized carbons (Fsp3) is 0.0556. The first-order valence-corrected chi connectivity index (χ1v) is 6.53. The molecule has 3 rings (SSSR count). The van der Waals surface area contributed by atoms with Crippen LogP contribution in [0.4, 0.5) is 0 Å². The molecule has 20 heavy (non-hydrogen) atoms. The summed E-state index contributed by atoms with van der Waals surface area (Å²) in [6.07, 6.45) is 4.06. The van der Waals surface area contributed by atoms with Crippen LogP contribution in [0.15, 0.2) is 60.7 Å². The van der Waals surface area contributed by atoms with Crippen LogP contribution in [-0.4, -0.2) is 12.1 Å². The maximum absolute atomic E-state index is 5.22. The third-order valence-corrected chi connectivity index (χ3v) is 3.16. The fourth-order valence-corrected chi connectivity index (χ4v) is 2.10. The van der Waals surface area contributed by atoms with Crippen molar-refractivity contribution in [2.75, 3.05) is 7.11 Å². The molecule has 1 aromatic heterocycles. The van der Waals surface area contributed by atoms with Gasteiger partial charge in [0.1, 0.15) is 5.75 Å². The fourth-order valence-electron chi connectivity index (χ4n) is 2.10. The van der Waals surface area contributed by atoms with E-state index in [-0.39, 0.29) is 0 Å². The second kappa shape index (κ2) is 5.57. The predicted molar refractivity (Wildman–Crippen MR) is 83.7 cm³/mol. The van der Waals surface area contributed by atoms with Gasteiger partial charge in [0, 0.05) is 5.39 Å². The summed E-state index contributed by atoms with van der Waals surface area (Å²) in [5.74, 6) is 0.860. The smallest absolute Gasteiger partial charge is 0.119 e. The zero-order chi connectivity index (χ0) is 13.8. The molecule has 98 valence electrons. The molecule has 0 amide bonds. The average molecular weight is 261 g/mol. The molecule has 0 bridgehead atoms. The van der Waals surface area contributed by atoms with E-state index in [9.17, 15) is 0 Å². The van der Waals surface area contributed by atoms with E-state index in [1.165, 1.54) is 0 Å². The largest absolute Gasteiger partial charge is 0.497 e. The monoisotopic (exact) mass is 261 g/mol. The Bertz CT molecular complexity index is 762. The van der Waals surface area contributed by atoms with E-state index in [0.29, 0.717) is 0 Å². The Hall–Kier alpha value is -2.61.